The molecular formula is C14H17N3O2. The number of hydrogen-bond acceptors (Lipinski definition) is 4. The van der Waals surface area contributed by atoms with Crippen LogP contribution >= 0.6 is 0 Å². The Morgan fingerprint density at radius 3 is 3.21 bits per heavy atom. The van der Waals surface area contributed by atoms with E-state index in [-0.39, 0.29) is 0 Å². The van der Waals surface area contributed by atoms with Gasteiger partial charge in [-0.05, 0) is 18.9 Å². The number of aromatic nitrogens is 3. The van der Waals surface area contributed by atoms with E-state index in [0.717, 1.165) is 43.0 Å². The summed E-state index contributed by atoms with van der Waals surface area (Å²) in [4.78, 5) is 4.38. The van der Waals surface area contributed by atoms with E-state index in [1.54, 1.807) is 7.11 Å². The molecule has 0 radical (unpaired) electrons. The summed E-state index contributed by atoms with van der Waals surface area (Å²) < 4.78 is 12.5. The van der Waals surface area contributed by atoms with Gasteiger partial charge in [-0.2, -0.15) is 5.10 Å². The summed E-state index contributed by atoms with van der Waals surface area (Å²) in [6.07, 6.45) is 7.83. The van der Waals surface area contributed by atoms with Gasteiger partial charge in [-0.3, -0.25) is 4.68 Å². The normalized spacial score (nSPS) is 13.9. The van der Waals surface area contributed by atoms with Crippen molar-refractivity contribution < 1.29 is 9.47 Å². The molecule has 2 aromatic heterocycles. The predicted molar refractivity (Wildman–Crippen MR) is 71.2 cm³/mol. The van der Waals surface area contributed by atoms with Crippen molar-refractivity contribution >= 4 is 0 Å². The van der Waals surface area contributed by atoms with E-state index in [1.807, 2.05) is 23.3 Å². The fraction of sp³-hybridized carbons (Fsp3) is 0.429. The molecule has 19 heavy (non-hydrogen) atoms. The second-order valence-corrected chi connectivity index (χ2v) is 4.63. The fourth-order valence-electron chi connectivity index (χ4n) is 2.22. The molecule has 3 rings (SSSR count). The highest BCUT2D eigenvalue weighted by Crippen LogP contribution is 2.27. The fourth-order valence-corrected chi connectivity index (χ4v) is 2.22. The quantitative estimate of drug-likeness (QED) is 0.841. The number of hydrogen-bond donors (Lipinski definition) is 0. The number of fused-ring (bicyclic) bond motifs is 1. The van der Waals surface area contributed by atoms with E-state index < -0.39 is 0 Å². The standard InChI is InChI=1S/C14H17N3O2/c1-18-6-4-17-10-13(9-16-17)12-7-11-3-2-5-19-14(11)15-8-12/h7-10H,2-6H2,1H3. The van der Waals surface area contributed by atoms with Crippen LogP contribution in [0.15, 0.2) is 24.7 Å². The maximum atomic E-state index is 5.52. The zero-order chi connectivity index (χ0) is 13.1. The lowest BCUT2D eigenvalue weighted by Crippen LogP contribution is -2.09. The molecule has 2 aromatic rings. The molecule has 0 amide bonds. The number of pyridine rings is 1. The Morgan fingerprint density at radius 1 is 1.37 bits per heavy atom. The SMILES string of the molecule is COCCn1cc(-c2cnc3c(c2)CCCO3)cn1. The molecule has 0 aromatic carbocycles. The molecule has 5 nitrogen and oxygen atoms in total. The van der Waals surface area contributed by atoms with Gasteiger partial charge in [0.1, 0.15) is 0 Å². The Hall–Kier alpha value is -1.88. The summed E-state index contributed by atoms with van der Waals surface area (Å²) in [5, 5.41) is 4.32. The van der Waals surface area contributed by atoms with Crippen LogP contribution in [0.4, 0.5) is 0 Å². The van der Waals surface area contributed by atoms with E-state index in [0.29, 0.717) is 6.61 Å². The van der Waals surface area contributed by atoms with Crippen LogP contribution in [0.1, 0.15) is 12.0 Å². The second kappa shape index (κ2) is 5.40. The van der Waals surface area contributed by atoms with Crippen LogP contribution in [-0.4, -0.2) is 35.1 Å². The first-order chi connectivity index (χ1) is 9.36. The van der Waals surface area contributed by atoms with Gasteiger partial charge in [0.2, 0.25) is 5.88 Å². The van der Waals surface area contributed by atoms with Gasteiger partial charge in [0.05, 0.1) is 26.0 Å². The minimum Gasteiger partial charge on any atom is -0.477 e. The largest absolute Gasteiger partial charge is 0.477 e. The Bertz CT molecular complexity index is 566. The molecule has 1 aliphatic heterocycles. The topological polar surface area (TPSA) is 49.2 Å². The maximum absolute atomic E-state index is 5.52. The molecular weight excluding hydrogens is 242 g/mol. The molecule has 0 atom stereocenters. The van der Waals surface area contributed by atoms with Gasteiger partial charge in [-0.25, -0.2) is 4.98 Å². The van der Waals surface area contributed by atoms with E-state index >= 15 is 0 Å². The lowest BCUT2D eigenvalue weighted by molar-refractivity contribution is 0.183. The van der Waals surface area contributed by atoms with Crippen LogP contribution < -0.4 is 4.74 Å². The third-order valence-electron chi connectivity index (χ3n) is 3.25. The molecule has 3 heterocycles. The zero-order valence-electron chi connectivity index (χ0n) is 11.0. The first-order valence-corrected chi connectivity index (χ1v) is 6.50. The molecule has 0 saturated carbocycles. The molecule has 0 N–H and O–H groups in total. The summed E-state index contributed by atoms with van der Waals surface area (Å²) in [6.45, 7) is 2.20. The lowest BCUT2D eigenvalue weighted by atomic mass is 10.1. The van der Waals surface area contributed by atoms with Crippen molar-refractivity contribution in [1.82, 2.24) is 14.8 Å². The minimum absolute atomic E-state index is 0.664. The van der Waals surface area contributed by atoms with Crippen molar-refractivity contribution in [3.05, 3.63) is 30.2 Å². The summed E-state index contributed by atoms with van der Waals surface area (Å²) >= 11 is 0. The smallest absolute Gasteiger partial charge is 0.216 e. The highest BCUT2D eigenvalue weighted by molar-refractivity contribution is 5.62. The van der Waals surface area contributed by atoms with Crippen molar-refractivity contribution in [2.45, 2.75) is 19.4 Å². The van der Waals surface area contributed by atoms with E-state index in [9.17, 15) is 0 Å². The third-order valence-corrected chi connectivity index (χ3v) is 3.25. The Labute approximate surface area is 112 Å². The number of ether oxygens (including phenoxy) is 2. The van der Waals surface area contributed by atoms with Crippen molar-refractivity contribution in [2.24, 2.45) is 0 Å². The molecule has 0 bridgehead atoms. The van der Waals surface area contributed by atoms with E-state index in [4.69, 9.17) is 9.47 Å². The van der Waals surface area contributed by atoms with Gasteiger partial charge in [0, 0.05) is 36.2 Å². The molecule has 0 unspecified atom stereocenters. The first-order valence-electron chi connectivity index (χ1n) is 6.50. The molecule has 5 heteroatoms. The summed E-state index contributed by atoms with van der Waals surface area (Å²) in [5.74, 6) is 0.779. The van der Waals surface area contributed by atoms with E-state index in [1.165, 1.54) is 5.56 Å². The highest BCUT2D eigenvalue weighted by Gasteiger charge is 2.13. The molecule has 0 saturated heterocycles. The van der Waals surface area contributed by atoms with Crippen molar-refractivity contribution in [3.8, 4) is 17.0 Å². The second-order valence-electron chi connectivity index (χ2n) is 4.63. The van der Waals surface area contributed by atoms with Crippen LogP contribution in [0.5, 0.6) is 5.88 Å². The minimum atomic E-state index is 0.664. The van der Waals surface area contributed by atoms with Gasteiger partial charge in [0.25, 0.3) is 0 Å². The number of rotatable bonds is 4. The van der Waals surface area contributed by atoms with Crippen LogP contribution in [-0.2, 0) is 17.7 Å². The Morgan fingerprint density at radius 2 is 2.32 bits per heavy atom. The molecule has 100 valence electrons. The Balaban J connectivity index is 1.83. The van der Waals surface area contributed by atoms with E-state index in [2.05, 4.69) is 16.1 Å². The summed E-state index contributed by atoms with van der Waals surface area (Å²) in [5.41, 5.74) is 3.36. The van der Waals surface area contributed by atoms with Crippen LogP contribution in [0, 0.1) is 0 Å². The van der Waals surface area contributed by atoms with Crippen molar-refractivity contribution in [2.75, 3.05) is 20.3 Å². The predicted octanol–water partition coefficient (Wildman–Crippen LogP) is 1.92. The lowest BCUT2D eigenvalue weighted by Gasteiger charge is -2.16. The number of methoxy groups -OCH3 is 1. The monoisotopic (exact) mass is 259 g/mol. The van der Waals surface area contributed by atoms with Crippen molar-refractivity contribution in [1.29, 1.82) is 0 Å². The average Bonchev–Trinajstić information content (AvgIpc) is 2.93. The third kappa shape index (κ3) is 2.61. The summed E-state index contributed by atoms with van der Waals surface area (Å²) in [7, 11) is 1.69. The van der Waals surface area contributed by atoms with Gasteiger partial charge >= 0.3 is 0 Å². The number of aryl methyl sites for hydroxylation is 1. The number of nitrogens with zero attached hydrogens (tertiary/aromatic N) is 3. The Kier molecular flexibility index (Phi) is 3.46. The molecule has 0 fully saturated rings. The van der Waals surface area contributed by atoms with Crippen LogP contribution in [0.25, 0.3) is 11.1 Å². The molecule has 0 aliphatic carbocycles. The van der Waals surface area contributed by atoms with Gasteiger partial charge < -0.3 is 9.47 Å². The first kappa shape index (κ1) is 12.2. The van der Waals surface area contributed by atoms with Crippen LogP contribution in [0.3, 0.4) is 0 Å². The average molecular weight is 259 g/mol. The molecule has 0 spiro atoms. The molecule has 1 aliphatic rings. The van der Waals surface area contributed by atoms with Gasteiger partial charge in [-0.15, -0.1) is 0 Å². The zero-order valence-corrected chi connectivity index (χ0v) is 11.0. The van der Waals surface area contributed by atoms with Crippen LogP contribution in [0.2, 0.25) is 0 Å². The summed E-state index contributed by atoms with van der Waals surface area (Å²) in [6, 6.07) is 2.15. The van der Waals surface area contributed by atoms with Crippen molar-refractivity contribution in [3.63, 3.8) is 0 Å². The van der Waals surface area contributed by atoms with Gasteiger partial charge in [0.15, 0.2) is 0 Å². The highest BCUT2D eigenvalue weighted by atomic mass is 16.5. The maximum Gasteiger partial charge on any atom is 0.216 e. The van der Waals surface area contributed by atoms with Gasteiger partial charge in [-0.1, -0.05) is 0 Å².